The number of hydrogen-bond acceptors (Lipinski definition) is 3. The van der Waals surface area contributed by atoms with E-state index in [1.54, 1.807) is 11.3 Å². The number of fused-ring (bicyclic) bond motifs is 1. The number of pyridine rings is 1. The van der Waals surface area contributed by atoms with E-state index < -0.39 is 0 Å². The van der Waals surface area contributed by atoms with Crippen LogP contribution in [0.25, 0.3) is 10.4 Å². The molecule has 0 saturated heterocycles. The van der Waals surface area contributed by atoms with Gasteiger partial charge in [-0.3, -0.25) is 0 Å². The topological polar surface area (TPSA) is 39.6 Å². The molecule has 2 aromatic heterocycles. The quantitative estimate of drug-likeness (QED) is 0.703. The Morgan fingerprint density at radius 3 is 2.77 bits per heavy atom. The Morgan fingerprint density at radius 1 is 1.41 bits per heavy atom. The summed E-state index contributed by atoms with van der Waals surface area (Å²) in [6, 6.07) is 6.44. The summed E-state index contributed by atoms with van der Waals surface area (Å²) in [5, 5.41) is 11.6. The van der Waals surface area contributed by atoms with E-state index in [4.69, 9.17) is 12.2 Å². The van der Waals surface area contributed by atoms with Gasteiger partial charge in [-0.05, 0) is 47.6 Å². The van der Waals surface area contributed by atoms with E-state index in [1.807, 2.05) is 6.07 Å². The van der Waals surface area contributed by atoms with Gasteiger partial charge in [0.1, 0.15) is 10.7 Å². The van der Waals surface area contributed by atoms with Gasteiger partial charge in [0.15, 0.2) is 0 Å². The van der Waals surface area contributed by atoms with Crippen LogP contribution in [0, 0.1) is 27.3 Å². The molecule has 1 unspecified atom stereocenters. The highest BCUT2D eigenvalue weighted by molar-refractivity contribution is 7.71. The van der Waals surface area contributed by atoms with Gasteiger partial charge in [0.25, 0.3) is 0 Å². The van der Waals surface area contributed by atoms with E-state index in [0.29, 0.717) is 21.5 Å². The summed E-state index contributed by atoms with van der Waals surface area (Å²) < 4.78 is 0.583. The first-order valence-electron chi connectivity index (χ1n) is 7.64. The van der Waals surface area contributed by atoms with Gasteiger partial charge in [-0.15, -0.1) is 11.3 Å². The first kappa shape index (κ1) is 15.5. The predicted octanol–water partition coefficient (Wildman–Crippen LogP) is 5.50. The smallest absolute Gasteiger partial charge is 0.122 e. The number of thiophene rings is 1. The van der Waals surface area contributed by atoms with Gasteiger partial charge in [-0.1, -0.05) is 39.1 Å². The van der Waals surface area contributed by atoms with Gasteiger partial charge in [0.05, 0.1) is 5.56 Å². The Labute approximate surface area is 140 Å². The third-order valence-electron chi connectivity index (χ3n) is 4.70. The monoisotopic (exact) mass is 328 g/mol. The number of nitriles is 1. The molecule has 4 heteroatoms. The summed E-state index contributed by atoms with van der Waals surface area (Å²) in [5.41, 5.74) is 4.53. The van der Waals surface area contributed by atoms with Crippen molar-refractivity contribution in [2.45, 2.75) is 40.0 Å². The lowest BCUT2D eigenvalue weighted by molar-refractivity contribution is 0.214. The molecule has 3 rings (SSSR count). The van der Waals surface area contributed by atoms with Crippen molar-refractivity contribution in [3.63, 3.8) is 0 Å². The fourth-order valence-electron chi connectivity index (χ4n) is 3.35. The Balaban J connectivity index is 2.19. The molecule has 0 spiro atoms. The maximum atomic E-state index is 9.55. The lowest BCUT2D eigenvalue weighted by atomic mass is 9.71. The van der Waals surface area contributed by atoms with Crippen molar-refractivity contribution >= 4 is 23.6 Å². The number of nitrogens with zero attached hydrogens (tertiary/aromatic N) is 1. The maximum absolute atomic E-state index is 9.55. The summed E-state index contributed by atoms with van der Waals surface area (Å²) in [6.07, 6.45) is 3.21. The molecular formula is C18H20N2S2. The van der Waals surface area contributed by atoms with E-state index >= 15 is 0 Å². The standard InChI is InChI=1S/C18H20N2S2/c1-18(2,3)11-6-7-12-14(9-11)20-17(21)13(10-19)16(12)15-5-4-8-22-15/h4-5,8,11H,6-7,9H2,1-3H3,(H,20,21). The van der Waals surface area contributed by atoms with Gasteiger partial charge in [-0.2, -0.15) is 5.26 Å². The van der Waals surface area contributed by atoms with Gasteiger partial charge in [0, 0.05) is 16.1 Å². The summed E-state index contributed by atoms with van der Waals surface area (Å²) in [6.45, 7) is 6.92. The lowest BCUT2D eigenvalue weighted by Crippen LogP contribution is -2.28. The average Bonchev–Trinajstić information content (AvgIpc) is 2.98. The van der Waals surface area contributed by atoms with Crippen LogP contribution in [0.2, 0.25) is 0 Å². The van der Waals surface area contributed by atoms with Crippen LogP contribution >= 0.6 is 23.6 Å². The molecule has 2 heterocycles. The van der Waals surface area contributed by atoms with Crippen LogP contribution in [-0.2, 0) is 12.8 Å². The van der Waals surface area contributed by atoms with Crippen LogP contribution in [0.4, 0.5) is 0 Å². The molecule has 0 aromatic carbocycles. The number of aromatic amines is 1. The van der Waals surface area contributed by atoms with E-state index in [2.05, 4.69) is 43.3 Å². The normalized spacial score (nSPS) is 17.8. The van der Waals surface area contributed by atoms with Gasteiger partial charge >= 0.3 is 0 Å². The third kappa shape index (κ3) is 2.64. The van der Waals surface area contributed by atoms with E-state index in [0.717, 1.165) is 23.3 Å². The summed E-state index contributed by atoms with van der Waals surface area (Å²) in [7, 11) is 0. The second-order valence-corrected chi connectivity index (χ2v) is 8.41. The molecule has 114 valence electrons. The molecule has 0 bridgehead atoms. The molecule has 0 amide bonds. The van der Waals surface area contributed by atoms with Crippen LogP contribution in [-0.4, -0.2) is 4.98 Å². The van der Waals surface area contributed by atoms with Crippen molar-refractivity contribution in [1.29, 1.82) is 5.26 Å². The van der Waals surface area contributed by atoms with E-state index in [-0.39, 0.29) is 0 Å². The van der Waals surface area contributed by atoms with Crippen LogP contribution in [0.1, 0.15) is 44.0 Å². The molecule has 22 heavy (non-hydrogen) atoms. The molecule has 0 saturated carbocycles. The highest BCUT2D eigenvalue weighted by Crippen LogP contribution is 2.41. The zero-order chi connectivity index (χ0) is 15.9. The van der Waals surface area contributed by atoms with Crippen molar-refractivity contribution in [2.24, 2.45) is 11.3 Å². The molecule has 1 N–H and O–H groups in total. The minimum Gasteiger partial charge on any atom is -0.349 e. The Hall–Kier alpha value is -1.44. The molecule has 2 nitrogen and oxygen atoms in total. The second-order valence-electron chi connectivity index (χ2n) is 7.06. The average molecular weight is 329 g/mol. The fourth-order valence-corrected chi connectivity index (χ4v) is 4.42. The minimum atomic E-state index is 0.296. The highest BCUT2D eigenvalue weighted by atomic mass is 32.1. The zero-order valence-electron chi connectivity index (χ0n) is 13.2. The fraction of sp³-hybridized carbons (Fsp3) is 0.444. The molecule has 1 aliphatic carbocycles. The van der Waals surface area contributed by atoms with Crippen molar-refractivity contribution in [3.05, 3.63) is 39.0 Å². The van der Waals surface area contributed by atoms with Crippen molar-refractivity contribution in [1.82, 2.24) is 4.98 Å². The number of aromatic nitrogens is 1. The largest absolute Gasteiger partial charge is 0.349 e. The lowest BCUT2D eigenvalue weighted by Gasteiger charge is -2.35. The number of H-pyrrole nitrogens is 1. The van der Waals surface area contributed by atoms with E-state index in [1.165, 1.54) is 17.7 Å². The first-order valence-corrected chi connectivity index (χ1v) is 8.92. The van der Waals surface area contributed by atoms with E-state index in [9.17, 15) is 5.26 Å². The first-order chi connectivity index (χ1) is 10.4. The number of nitrogens with one attached hydrogen (secondary N) is 1. The minimum absolute atomic E-state index is 0.296. The zero-order valence-corrected chi connectivity index (χ0v) is 14.8. The molecule has 0 fully saturated rings. The van der Waals surface area contributed by atoms with Crippen LogP contribution in [0.3, 0.4) is 0 Å². The van der Waals surface area contributed by atoms with Crippen molar-refractivity contribution in [3.8, 4) is 16.5 Å². The van der Waals surface area contributed by atoms with Crippen LogP contribution in [0.15, 0.2) is 17.5 Å². The molecule has 1 aliphatic rings. The summed E-state index contributed by atoms with van der Waals surface area (Å²) in [4.78, 5) is 4.50. The SMILES string of the molecule is CC(C)(C)C1CCc2c([nH]c(=S)c(C#N)c2-c2cccs2)C1. The maximum Gasteiger partial charge on any atom is 0.122 e. The van der Waals surface area contributed by atoms with Gasteiger partial charge in [0.2, 0.25) is 0 Å². The molecule has 2 aromatic rings. The number of hydrogen-bond donors (Lipinski definition) is 1. The highest BCUT2D eigenvalue weighted by Gasteiger charge is 2.31. The molecule has 1 atom stereocenters. The molecule has 0 aliphatic heterocycles. The van der Waals surface area contributed by atoms with Crippen molar-refractivity contribution in [2.75, 3.05) is 0 Å². The Bertz CT molecular complexity index is 786. The Morgan fingerprint density at radius 2 is 2.18 bits per heavy atom. The van der Waals surface area contributed by atoms with Crippen molar-refractivity contribution < 1.29 is 0 Å². The second kappa shape index (κ2) is 5.64. The third-order valence-corrected chi connectivity index (χ3v) is 5.90. The molecular weight excluding hydrogens is 308 g/mol. The summed E-state index contributed by atoms with van der Waals surface area (Å²) >= 11 is 7.14. The van der Waals surface area contributed by atoms with Crippen LogP contribution in [0.5, 0.6) is 0 Å². The summed E-state index contributed by atoms with van der Waals surface area (Å²) in [5.74, 6) is 0.648. The number of rotatable bonds is 1. The van der Waals surface area contributed by atoms with Gasteiger partial charge < -0.3 is 4.98 Å². The predicted molar refractivity (Wildman–Crippen MR) is 94.6 cm³/mol. The Kier molecular flexibility index (Phi) is 3.96. The van der Waals surface area contributed by atoms with Gasteiger partial charge in [-0.25, -0.2) is 0 Å². The van der Waals surface area contributed by atoms with Crippen LogP contribution < -0.4 is 0 Å². The molecule has 0 radical (unpaired) electrons.